The number of aromatic nitrogens is 1. The minimum Gasteiger partial charge on any atom is -0.489 e. The summed E-state index contributed by atoms with van der Waals surface area (Å²) >= 11 is 0. The molecular formula is C10H10F2N2O5. The highest BCUT2D eigenvalue weighted by Crippen LogP contribution is 2.37. The maximum Gasteiger partial charge on any atom is 0.406 e. The molecule has 0 aliphatic heterocycles. The Bertz CT molecular complexity index is 507. The fourth-order valence-electron chi connectivity index (χ4n) is 1.42. The first-order valence-electron chi connectivity index (χ1n) is 5.10. The molecule has 0 spiro atoms. The highest BCUT2D eigenvalue weighted by Gasteiger charge is 2.32. The maximum atomic E-state index is 13.0. The van der Waals surface area contributed by atoms with E-state index in [1.807, 2.05) is 0 Å². The second-order valence-electron chi connectivity index (χ2n) is 3.22. The van der Waals surface area contributed by atoms with Gasteiger partial charge in [0.1, 0.15) is 5.56 Å². The van der Waals surface area contributed by atoms with Crippen LogP contribution < -0.4 is 4.74 Å². The van der Waals surface area contributed by atoms with Gasteiger partial charge in [-0.25, -0.2) is 13.6 Å². The van der Waals surface area contributed by atoms with Crippen LogP contribution in [0.3, 0.4) is 0 Å². The van der Waals surface area contributed by atoms with Gasteiger partial charge in [0.25, 0.3) is 6.43 Å². The van der Waals surface area contributed by atoms with E-state index in [9.17, 15) is 23.7 Å². The lowest BCUT2D eigenvalue weighted by Gasteiger charge is -2.11. The van der Waals surface area contributed by atoms with Gasteiger partial charge in [0, 0.05) is 0 Å². The van der Waals surface area contributed by atoms with E-state index in [0.717, 1.165) is 7.11 Å². The van der Waals surface area contributed by atoms with Crippen molar-refractivity contribution in [3.63, 3.8) is 0 Å². The SMILES string of the molecule is CCOC(=O)c1cnc([N+](=O)[O-])c(OC)c1C(F)F. The zero-order valence-electron chi connectivity index (χ0n) is 10.1. The van der Waals surface area contributed by atoms with E-state index in [-0.39, 0.29) is 6.61 Å². The van der Waals surface area contributed by atoms with E-state index >= 15 is 0 Å². The van der Waals surface area contributed by atoms with Crippen molar-refractivity contribution in [1.29, 1.82) is 0 Å². The second kappa shape index (κ2) is 6.03. The van der Waals surface area contributed by atoms with Crippen molar-refractivity contribution >= 4 is 11.8 Å². The van der Waals surface area contributed by atoms with Gasteiger partial charge in [-0.3, -0.25) is 0 Å². The van der Waals surface area contributed by atoms with Crippen LogP contribution in [0.5, 0.6) is 5.75 Å². The van der Waals surface area contributed by atoms with Crippen LogP contribution in [0.1, 0.15) is 29.3 Å². The van der Waals surface area contributed by atoms with Crippen molar-refractivity contribution in [3.05, 3.63) is 27.4 Å². The molecule has 1 aromatic rings. The van der Waals surface area contributed by atoms with Gasteiger partial charge in [0.05, 0.1) is 19.3 Å². The van der Waals surface area contributed by atoms with Crippen LogP contribution >= 0.6 is 0 Å². The van der Waals surface area contributed by atoms with E-state index in [1.54, 1.807) is 0 Å². The lowest BCUT2D eigenvalue weighted by atomic mass is 10.1. The van der Waals surface area contributed by atoms with E-state index in [0.29, 0.717) is 6.20 Å². The van der Waals surface area contributed by atoms with Crippen molar-refractivity contribution in [2.75, 3.05) is 13.7 Å². The number of hydrogen-bond acceptors (Lipinski definition) is 6. The van der Waals surface area contributed by atoms with Crippen LogP contribution in [0, 0.1) is 10.1 Å². The molecule has 1 aromatic heterocycles. The first kappa shape index (κ1) is 14.7. The van der Waals surface area contributed by atoms with E-state index < -0.39 is 40.0 Å². The summed E-state index contributed by atoms with van der Waals surface area (Å²) in [6.07, 6.45) is -2.46. The molecule has 0 radical (unpaired) electrons. The molecule has 0 aromatic carbocycles. The molecule has 0 aliphatic carbocycles. The first-order chi connectivity index (χ1) is 8.93. The molecule has 7 nitrogen and oxygen atoms in total. The number of esters is 1. The zero-order valence-corrected chi connectivity index (χ0v) is 10.1. The summed E-state index contributed by atoms with van der Waals surface area (Å²) in [6, 6.07) is 0. The first-order valence-corrected chi connectivity index (χ1v) is 5.10. The number of nitro groups is 1. The van der Waals surface area contributed by atoms with Gasteiger partial charge in [-0.1, -0.05) is 0 Å². The van der Waals surface area contributed by atoms with E-state index in [4.69, 9.17) is 0 Å². The Morgan fingerprint density at radius 2 is 2.21 bits per heavy atom. The Balaban J connectivity index is 3.50. The highest BCUT2D eigenvalue weighted by atomic mass is 19.3. The molecule has 0 atom stereocenters. The standard InChI is InChI=1S/C10H10F2N2O5/c1-3-19-10(15)5-4-13-9(14(16)17)7(18-2)6(5)8(11)12/h4,8H,3H2,1-2H3. The molecule has 1 heterocycles. The monoisotopic (exact) mass is 276 g/mol. The van der Waals surface area contributed by atoms with E-state index in [1.165, 1.54) is 6.92 Å². The van der Waals surface area contributed by atoms with Crippen molar-refractivity contribution < 1.29 is 28.0 Å². The summed E-state index contributed by atoms with van der Waals surface area (Å²) < 4.78 is 35.1. The van der Waals surface area contributed by atoms with Crippen LogP contribution in [0.25, 0.3) is 0 Å². The number of pyridine rings is 1. The third kappa shape index (κ3) is 2.92. The lowest BCUT2D eigenvalue weighted by Crippen LogP contribution is -2.12. The molecule has 1 rings (SSSR count). The van der Waals surface area contributed by atoms with Gasteiger partial charge < -0.3 is 19.6 Å². The molecule has 0 unspecified atom stereocenters. The van der Waals surface area contributed by atoms with Crippen LogP contribution in [0.15, 0.2) is 6.20 Å². The Hall–Kier alpha value is -2.32. The van der Waals surface area contributed by atoms with Crippen LogP contribution in [0.4, 0.5) is 14.6 Å². The molecule has 9 heteroatoms. The van der Waals surface area contributed by atoms with Crippen LogP contribution in [-0.4, -0.2) is 29.6 Å². The number of carbonyl (C=O) groups excluding carboxylic acids is 1. The van der Waals surface area contributed by atoms with Gasteiger partial charge in [-0.05, 0) is 16.8 Å². The number of ether oxygens (including phenoxy) is 2. The molecule has 0 amide bonds. The molecule has 0 aliphatic rings. The maximum absolute atomic E-state index is 13.0. The van der Waals surface area contributed by atoms with Crippen LogP contribution in [-0.2, 0) is 4.74 Å². The molecule has 0 saturated carbocycles. The summed E-state index contributed by atoms with van der Waals surface area (Å²) in [6.45, 7) is 1.47. The normalized spacial score (nSPS) is 10.4. The molecule has 0 fully saturated rings. The number of carbonyl (C=O) groups is 1. The van der Waals surface area contributed by atoms with Crippen LogP contribution in [0.2, 0.25) is 0 Å². The number of hydrogen-bond donors (Lipinski definition) is 0. The van der Waals surface area contributed by atoms with E-state index in [2.05, 4.69) is 14.5 Å². The van der Waals surface area contributed by atoms with Crippen molar-refractivity contribution in [2.24, 2.45) is 0 Å². The minimum absolute atomic E-state index is 0.0270. The topological polar surface area (TPSA) is 91.6 Å². The number of rotatable bonds is 5. The predicted octanol–water partition coefficient (Wildman–Crippen LogP) is 2.11. The number of nitrogens with zero attached hydrogens (tertiary/aromatic N) is 2. The average molecular weight is 276 g/mol. The van der Waals surface area contributed by atoms with Crippen molar-refractivity contribution in [2.45, 2.75) is 13.3 Å². The Morgan fingerprint density at radius 1 is 1.58 bits per heavy atom. The molecule has 0 bridgehead atoms. The summed E-state index contributed by atoms with van der Waals surface area (Å²) in [5.41, 5.74) is -1.46. The second-order valence-corrected chi connectivity index (χ2v) is 3.22. The fourth-order valence-corrected chi connectivity index (χ4v) is 1.42. The summed E-state index contributed by atoms with van der Waals surface area (Å²) in [5.74, 6) is -2.67. The van der Waals surface area contributed by atoms with Gasteiger partial charge >= 0.3 is 11.8 Å². The van der Waals surface area contributed by atoms with Gasteiger partial charge in [-0.2, -0.15) is 0 Å². The third-order valence-corrected chi connectivity index (χ3v) is 2.14. The third-order valence-electron chi connectivity index (χ3n) is 2.14. The smallest absolute Gasteiger partial charge is 0.406 e. The summed E-state index contributed by atoms with van der Waals surface area (Å²) in [7, 11) is 0.977. The van der Waals surface area contributed by atoms with Gasteiger partial charge in [0.15, 0.2) is 6.20 Å². The number of halogens is 2. The Kier molecular flexibility index (Phi) is 4.67. The molecule has 19 heavy (non-hydrogen) atoms. The van der Waals surface area contributed by atoms with Crippen molar-refractivity contribution in [3.8, 4) is 5.75 Å². The molecule has 0 saturated heterocycles. The minimum atomic E-state index is -3.14. The summed E-state index contributed by atoms with van der Waals surface area (Å²) in [4.78, 5) is 24.5. The van der Waals surface area contributed by atoms with Gasteiger partial charge in [-0.15, -0.1) is 0 Å². The Morgan fingerprint density at radius 3 is 2.63 bits per heavy atom. The summed E-state index contributed by atoms with van der Waals surface area (Å²) in [5, 5.41) is 10.7. The molecular weight excluding hydrogens is 266 g/mol. The fraction of sp³-hybridized carbons (Fsp3) is 0.400. The van der Waals surface area contributed by atoms with Crippen molar-refractivity contribution in [1.82, 2.24) is 4.98 Å². The average Bonchev–Trinajstić information content (AvgIpc) is 2.36. The zero-order chi connectivity index (χ0) is 14.6. The lowest BCUT2D eigenvalue weighted by molar-refractivity contribution is -0.390. The molecule has 0 N–H and O–H groups in total. The highest BCUT2D eigenvalue weighted by molar-refractivity contribution is 5.92. The number of methoxy groups -OCH3 is 1. The Labute approximate surface area is 106 Å². The predicted molar refractivity (Wildman–Crippen MR) is 58.4 cm³/mol. The number of alkyl halides is 2. The quantitative estimate of drug-likeness (QED) is 0.464. The molecule has 104 valence electrons. The largest absolute Gasteiger partial charge is 0.489 e. The van der Waals surface area contributed by atoms with Gasteiger partial charge in [0.2, 0.25) is 5.75 Å².